The smallest absolute Gasteiger partial charge is 0.150 e. The Labute approximate surface area is 97.9 Å². The lowest BCUT2D eigenvalue weighted by atomic mass is 10.0. The van der Waals surface area contributed by atoms with Crippen LogP contribution in [0.5, 0.6) is 0 Å². The number of nitrogens with zero attached hydrogens (tertiary/aromatic N) is 1. The van der Waals surface area contributed by atoms with Crippen molar-refractivity contribution in [1.82, 2.24) is 10.2 Å². The van der Waals surface area contributed by atoms with E-state index in [1.807, 2.05) is 31.2 Å². The standard InChI is InChI=1S/C11H9ClN2S/c1-7-4-2-3-5-8(7)9-6-10(12)13-14-11(9)15/h2-6H,1H3,(H,14,15). The predicted octanol–water partition coefficient (Wildman–Crippen LogP) is 3.77. The Balaban J connectivity index is 2.69. The molecule has 4 heteroatoms. The van der Waals surface area contributed by atoms with Crippen LogP contribution >= 0.6 is 23.8 Å². The van der Waals surface area contributed by atoms with Gasteiger partial charge in [0.2, 0.25) is 0 Å². The van der Waals surface area contributed by atoms with Gasteiger partial charge in [-0.1, -0.05) is 48.1 Å². The number of hydrogen-bond acceptors (Lipinski definition) is 2. The van der Waals surface area contributed by atoms with Crippen LogP contribution in [-0.4, -0.2) is 10.2 Å². The molecule has 2 aromatic rings. The average molecular weight is 237 g/mol. The molecule has 0 unspecified atom stereocenters. The molecule has 0 amide bonds. The maximum absolute atomic E-state index is 5.83. The van der Waals surface area contributed by atoms with E-state index >= 15 is 0 Å². The van der Waals surface area contributed by atoms with Crippen molar-refractivity contribution < 1.29 is 0 Å². The monoisotopic (exact) mass is 236 g/mol. The lowest BCUT2D eigenvalue weighted by Crippen LogP contribution is -1.89. The minimum Gasteiger partial charge on any atom is -0.266 e. The lowest BCUT2D eigenvalue weighted by Gasteiger charge is -2.05. The number of nitrogens with one attached hydrogen (secondary N) is 1. The molecule has 0 bridgehead atoms. The van der Waals surface area contributed by atoms with Gasteiger partial charge in [-0.05, 0) is 24.1 Å². The van der Waals surface area contributed by atoms with E-state index in [-0.39, 0.29) is 0 Å². The van der Waals surface area contributed by atoms with Gasteiger partial charge in [0, 0.05) is 5.56 Å². The first-order chi connectivity index (χ1) is 7.18. The Morgan fingerprint density at radius 3 is 2.73 bits per heavy atom. The van der Waals surface area contributed by atoms with Crippen LogP contribution in [0.15, 0.2) is 30.3 Å². The van der Waals surface area contributed by atoms with Crippen molar-refractivity contribution in [1.29, 1.82) is 0 Å². The summed E-state index contributed by atoms with van der Waals surface area (Å²) >= 11 is 11.0. The molecule has 0 atom stereocenters. The summed E-state index contributed by atoms with van der Waals surface area (Å²) in [5.41, 5.74) is 3.17. The Hall–Kier alpha value is -1.19. The van der Waals surface area contributed by atoms with Crippen molar-refractivity contribution in [3.63, 3.8) is 0 Å². The number of benzene rings is 1. The molecule has 76 valence electrons. The van der Waals surface area contributed by atoms with Crippen molar-refractivity contribution in [2.45, 2.75) is 6.92 Å². The summed E-state index contributed by atoms with van der Waals surface area (Å²) in [5, 5.41) is 6.98. The van der Waals surface area contributed by atoms with Gasteiger partial charge in [-0.15, -0.1) is 0 Å². The average Bonchev–Trinajstić information content (AvgIpc) is 2.23. The Bertz CT molecular complexity index is 548. The van der Waals surface area contributed by atoms with E-state index in [2.05, 4.69) is 10.2 Å². The summed E-state index contributed by atoms with van der Waals surface area (Å²) in [6.45, 7) is 2.04. The molecule has 0 aliphatic heterocycles. The first kappa shape index (κ1) is 10.3. The second kappa shape index (κ2) is 4.13. The number of rotatable bonds is 1. The highest BCUT2D eigenvalue weighted by molar-refractivity contribution is 7.71. The molecule has 15 heavy (non-hydrogen) atoms. The molecule has 0 radical (unpaired) electrons. The fourth-order valence-electron chi connectivity index (χ4n) is 1.46. The van der Waals surface area contributed by atoms with Crippen LogP contribution in [0.4, 0.5) is 0 Å². The largest absolute Gasteiger partial charge is 0.266 e. The molecule has 0 fully saturated rings. The van der Waals surface area contributed by atoms with E-state index in [9.17, 15) is 0 Å². The first-order valence-electron chi connectivity index (χ1n) is 4.50. The topological polar surface area (TPSA) is 28.7 Å². The zero-order valence-corrected chi connectivity index (χ0v) is 9.69. The summed E-state index contributed by atoms with van der Waals surface area (Å²) in [6.07, 6.45) is 0. The fraction of sp³-hybridized carbons (Fsp3) is 0.0909. The van der Waals surface area contributed by atoms with Crippen LogP contribution in [0, 0.1) is 11.6 Å². The molecule has 0 aliphatic carbocycles. The summed E-state index contributed by atoms with van der Waals surface area (Å²) in [6, 6.07) is 9.81. The van der Waals surface area contributed by atoms with E-state index in [0.29, 0.717) is 9.79 Å². The normalized spacial score (nSPS) is 10.3. The molecular formula is C11H9ClN2S. The highest BCUT2D eigenvalue weighted by atomic mass is 35.5. The highest BCUT2D eigenvalue weighted by Gasteiger charge is 2.04. The van der Waals surface area contributed by atoms with Gasteiger partial charge in [0.25, 0.3) is 0 Å². The van der Waals surface area contributed by atoms with Crippen LogP contribution in [0.1, 0.15) is 5.56 Å². The lowest BCUT2D eigenvalue weighted by molar-refractivity contribution is 1.02. The third kappa shape index (κ3) is 2.08. The van der Waals surface area contributed by atoms with Gasteiger partial charge >= 0.3 is 0 Å². The summed E-state index contributed by atoms with van der Waals surface area (Å²) in [7, 11) is 0. The number of aromatic nitrogens is 2. The maximum atomic E-state index is 5.83. The minimum atomic E-state index is 0.418. The summed E-state index contributed by atoms with van der Waals surface area (Å²) in [5.74, 6) is 0. The van der Waals surface area contributed by atoms with Gasteiger partial charge in [0.1, 0.15) is 9.79 Å². The Morgan fingerprint density at radius 2 is 2.00 bits per heavy atom. The van der Waals surface area contributed by atoms with Gasteiger partial charge < -0.3 is 0 Å². The van der Waals surface area contributed by atoms with Crippen LogP contribution in [-0.2, 0) is 0 Å². The number of H-pyrrole nitrogens is 1. The van der Waals surface area contributed by atoms with Gasteiger partial charge in [-0.25, -0.2) is 0 Å². The highest BCUT2D eigenvalue weighted by Crippen LogP contribution is 2.24. The molecule has 2 rings (SSSR count). The third-order valence-electron chi connectivity index (χ3n) is 2.21. The molecule has 0 aliphatic rings. The molecule has 1 aromatic carbocycles. The predicted molar refractivity (Wildman–Crippen MR) is 64.6 cm³/mol. The van der Waals surface area contributed by atoms with Crippen molar-refractivity contribution >= 4 is 23.8 Å². The number of aromatic amines is 1. The van der Waals surface area contributed by atoms with Crippen LogP contribution < -0.4 is 0 Å². The maximum Gasteiger partial charge on any atom is 0.150 e. The van der Waals surface area contributed by atoms with Crippen LogP contribution in [0.2, 0.25) is 5.15 Å². The third-order valence-corrected chi connectivity index (χ3v) is 2.71. The fourth-order valence-corrected chi connectivity index (χ4v) is 1.82. The Kier molecular flexibility index (Phi) is 2.84. The molecule has 1 heterocycles. The van der Waals surface area contributed by atoms with Crippen molar-refractivity contribution in [3.05, 3.63) is 45.7 Å². The minimum absolute atomic E-state index is 0.418. The van der Waals surface area contributed by atoms with Gasteiger partial charge in [0.15, 0.2) is 0 Å². The van der Waals surface area contributed by atoms with E-state index in [4.69, 9.17) is 23.8 Å². The van der Waals surface area contributed by atoms with E-state index in [1.54, 1.807) is 6.07 Å². The van der Waals surface area contributed by atoms with Gasteiger partial charge in [0.05, 0.1) is 0 Å². The van der Waals surface area contributed by atoms with Crippen LogP contribution in [0.3, 0.4) is 0 Å². The molecule has 1 aromatic heterocycles. The van der Waals surface area contributed by atoms with E-state index in [1.165, 1.54) is 5.56 Å². The summed E-state index contributed by atoms with van der Waals surface area (Å²) in [4.78, 5) is 0. The number of halogens is 1. The molecule has 1 N–H and O–H groups in total. The zero-order valence-electron chi connectivity index (χ0n) is 8.12. The molecule has 0 saturated carbocycles. The second-order valence-electron chi connectivity index (χ2n) is 3.25. The first-order valence-corrected chi connectivity index (χ1v) is 5.28. The van der Waals surface area contributed by atoms with Gasteiger partial charge in [-0.2, -0.15) is 5.10 Å². The quantitative estimate of drug-likeness (QED) is 0.764. The number of aryl methyl sites for hydroxylation is 1. The molecule has 0 spiro atoms. The SMILES string of the molecule is Cc1ccccc1-c1cc(Cl)n[nH]c1=S. The van der Waals surface area contributed by atoms with E-state index < -0.39 is 0 Å². The van der Waals surface area contributed by atoms with Crippen molar-refractivity contribution in [3.8, 4) is 11.1 Å². The van der Waals surface area contributed by atoms with Gasteiger partial charge in [-0.3, -0.25) is 5.10 Å². The molecule has 2 nitrogen and oxygen atoms in total. The van der Waals surface area contributed by atoms with E-state index in [0.717, 1.165) is 11.1 Å². The van der Waals surface area contributed by atoms with Crippen molar-refractivity contribution in [2.75, 3.05) is 0 Å². The number of hydrogen-bond donors (Lipinski definition) is 1. The molecule has 0 saturated heterocycles. The molecular weight excluding hydrogens is 228 g/mol. The second-order valence-corrected chi connectivity index (χ2v) is 4.04. The Morgan fingerprint density at radius 1 is 1.27 bits per heavy atom. The summed E-state index contributed by atoms with van der Waals surface area (Å²) < 4.78 is 0.605. The van der Waals surface area contributed by atoms with Crippen LogP contribution in [0.25, 0.3) is 11.1 Å². The van der Waals surface area contributed by atoms with Crippen molar-refractivity contribution in [2.24, 2.45) is 0 Å². The zero-order chi connectivity index (χ0) is 10.8.